The van der Waals surface area contributed by atoms with E-state index in [1.165, 1.54) is 6.42 Å². The molecule has 0 unspecified atom stereocenters. The Hall–Kier alpha value is -1.59. The zero-order chi connectivity index (χ0) is 19.4. The van der Waals surface area contributed by atoms with Gasteiger partial charge in [0.05, 0.1) is 10.7 Å². The molecule has 1 atom stereocenters. The maximum Gasteiger partial charge on any atom is 0.225 e. The van der Waals surface area contributed by atoms with Crippen LogP contribution in [-0.4, -0.2) is 54.3 Å². The lowest BCUT2D eigenvalue weighted by Gasteiger charge is -2.34. The Balaban J connectivity index is 1.46. The zero-order valence-electron chi connectivity index (χ0n) is 16.4. The van der Waals surface area contributed by atoms with Crippen molar-refractivity contribution in [1.82, 2.24) is 9.80 Å². The van der Waals surface area contributed by atoms with Gasteiger partial charge in [0.2, 0.25) is 11.8 Å². The third-order valence-electron chi connectivity index (χ3n) is 5.60. The Morgan fingerprint density at radius 2 is 2.07 bits per heavy atom. The predicted octanol–water partition coefficient (Wildman–Crippen LogP) is 3.62. The summed E-state index contributed by atoms with van der Waals surface area (Å²) in [6.45, 7) is 8.49. The lowest BCUT2D eigenvalue weighted by Crippen LogP contribution is -2.42. The van der Waals surface area contributed by atoms with Crippen molar-refractivity contribution in [2.24, 2.45) is 5.92 Å². The van der Waals surface area contributed by atoms with Crippen molar-refractivity contribution in [3.8, 4) is 0 Å². The van der Waals surface area contributed by atoms with E-state index in [9.17, 15) is 9.59 Å². The molecule has 1 aromatic carbocycles. The Labute approximate surface area is 167 Å². The van der Waals surface area contributed by atoms with Crippen LogP contribution in [0.1, 0.15) is 43.2 Å². The minimum absolute atomic E-state index is 0.000646. The molecule has 0 saturated carbocycles. The van der Waals surface area contributed by atoms with Gasteiger partial charge >= 0.3 is 0 Å². The van der Waals surface area contributed by atoms with Gasteiger partial charge in [0, 0.05) is 39.0 Å². The number of carbonyl (C=O) groups excluding carboxylic acids is 2. The molecular weight excluding hydrogens is 362 g/mol. The second kappa shape index (κ2) is 9.07. The molecule has 0 bridgehead atoms. The first kappa shape index (κ1) is 20.2. The number of nitrogens with one attached hydrogen (secondary N) is 1. The van der Waals surface area contributed by atoms with Crippen LogP contribution < -0.4 is 5.32 Å². The normalized spacial score (nSPS) is 20.9. The highest BCUT2D eigenvalue weighted by atomic mass is 35.5. The summed E-state index contributed by atoms with van der Waals surface area (Å²) >= 11 is 6.28. The lowest BCUT2D eigenvalue weighted by atomic mass is 9.97. The van der Waals surface area contributed by atoms with Crippen molar-refractivity contribution in [2.75, 3.05) is 38.0 Å². The Morgan fingerprint density at radius 1 is 1.26 bits per heavy atom. The summed E-state index contributed by atoms with van der Waals surface area (Å²) in [4.78, 5) is 28.6. The van der Waals surface area contributed by atoms with E-state index in [0.29, 0.717) is 29.7 Å². The first-order chi connectivity index (χ1) is 12.9. The maximum absolute atomic E-state index is 12.4. The van der Waals surface area contributed by atoms with Gasteiger partial charge in [-0.05, 0) is 62.8 Å². The fourth-order valence-corrected chi connectivity index (χ4v) is 4.62. The molecule has 2 aliphatic rings. The van der Waals surface area contributed by atoms with Crippen LogP contribution in [0.3, 0.4) is 0 Å². The monoisotopic (exact) mass is 391 g/mol. The van der Waals surface area contributed by atoms with Gasteiger partial charge in [0.25, 0.3) is 0 Å². The Bertz CT molecular complexity index is 684. The number of hydrogen-bond donors (Lipinski definition) is 1. The van der Waals surface area contributed by atoms with E-state index in [4.69, 9.17) is 11.6 Å². The van der Waals surface area contributed by atoms with Gasteiger partial charge in [0.1, 0.15) is 0 Å². The fraction of sp³-hybridized carbons (Fsp3) is 0.619. The van der Waals surface area contributed by atoms with Gasteiger partial charge < -0.3 is 15.1 Å². The largest absolute Gasteiger partial charge is 0.342 e. The number of benzene rings is 1. The van der Waals surface area contributed by atoms with Crippen molar-refractivity contribution >= 4 is 29.1 Å². The minimum atomic E-state index is 0.000646. The summed E-state index contributed by atoms with van der Waals surface area (Å²) in [5.74, 6) is 0.829. The average molecular weight is 392 g/mol. The van der Waals surface area contributed by atoms with Crippen LogP contribution in [0.25, 0.3) is 0 Å². The number of nitrogens with zero attached hydrogens (tertiary/aromatic N) is 2. The van der Waals surface area contributed by atoms with E-state index in [0.717, 1.165) is 62.4 Å². The smallest absolute Gasteiger partial charge is 0.225 e. The van der Waals surface area contributed by atoms with Gasteiger partial charge in [-0.2, -0.15) is 0 Å². The SMILES string of the molecule is Cc1cc(C)c(NC(=O)CCN2CCC[C@@H](CN3CCCC3=O)C2)c(Cl)c1. The second-order valence-electron chi connectivity index (χ2n) is 7.99. The highest BCUT2D eigenvalue weighted by Crippen LogP contribution is 2.27. The minimum Gasteiger partial charge on any atom is -0.342 e. The van der Waals surface area contributed by atoms with Crippen molar-refractivity contribution in [3.05, 3.63) is 28.3 Å². The van der Waals surface area contributed by atoms with Crippen LogP contribution in [-0.2, 0) is 9.59 Å². The summed E-state index contributed by atoms with van der Waals surface area (Å²) in [5.41, 5.74) is 2.80. The number of aryl methyl sites for hydroxylation is 2. The molecule has 2 aliphatic heterocycles. The number of hydrogen-bond acceptors (Lipinski definition) is 3. The van der Waals surface area contributed by atoms with Crippen molar-refractivity contribution in [1.29, 1.82) is 0 Å². The summed E-state index contributed by atoms with van der Waals surface area (Å²) in [6.07, 6.45) is 4.47. The van der Waals surface area contributed by atoms with E-state index in [2.05, 4.69) is 10.2 Å². The molecule has 2 fully saturated rings. The first-order valence-corrected chi connectivity index (χ1v) is 10.4. The van der Waals surface area contributed by atoms with E-state index in [1.54, 1.807) is 0 Å². The number of rotatable bonds is 6. The highest BCUT2D eigenvalue weighted by molar-refractivity contribution is 6.34. The van der Waals surface area contributed by atoms with Gasteiger partial charge in [-0.3, -0.25) is 9.59 Å². The second-order valence-corrected chi connectivity index (χ2v) is 8.40. The summed E-state index contributed by atoms with van der Waals surface area (Å²) < 4.78 is 0. The number of halogens is 1. The molecule has 148 valence electrons. The molecule has 27 heavy (non-hydrogen) atoms. The highest BCUT2D eigenvalue weighted by Gasteiger charge is 2.26. The molecule has 0 aromatic heterocycles. The van der Waals surface area contributed by atoms with Gasteiger partial charge in [-0.15, -0.1) is 0 Å². The Kier molecular flexibility index (Phi) is 6.77. The van der Waals surface area contributed by atoms with E-state index in [-0.39, 0.29) is 5.91 Å². The topological polar surface area (TPSA) is 52.7 Å². The summed E-state index contributed by atoms with van der Waals surface area (Å²) in [6, 6.07) is 3.90. The number of likely N-dealkylation sites (tertiary alicyclic amines) is 2. The van der Waals surface area contributed by atoms with Crippen molar-refractivity contribution in [2.45, 2.75) is 46.0 Å². The average Bonchev–Trinajstić information content (AvgIpc) is 3.01. The number of anilines is 1. The van der Waals surface area contributed by atoms with E-state index < -0.39 is 0 Å². The molecule has 3 rings (SSSR count). The lowest BCUT2D eigenvalue weighted by molar-refractivity contribution is -0.128. The van der Waals surface area contributed by atoms with Crippen LogP contribution in [0.2, 0.25) is 5.02 Å². The van der Waals surface area contributed by atoms with Crippen molar-refractivity contribution < 1.29 is 9.59 Å². The molecule has 2 saturated heterocycles. The predicted molar refractivity (Wildman–Crippen MR) is 109 cm³/mol. The standard InChI is InChI=1S/C21H30ClN3O2/c1-15-11-16(2)21(18(22)12-15)23-19(26)7-10-24-8-3-5-17(13-24)14-25-9-4-6-20(25)27/h11-12,17H,3-10,13-14H2,1-2H3,(H,23,26)/t17-/m1/s1. The molecule has 2 amide bonds. The number of amides is 2. The Morgan fingerprint density at radius 3 is 2.78 bits per heavy atom. The molecule has 0 aliphatic carbocycles. The molecule has 1 aromatic rings. The van der Waals surface area contributed by atoms with Gasteiger partial charge in [-0.1, -0.05) is 17.7 Å². The molecule has 0 spiro atoms. The molecule has 6 heteroatoms. The molecule has 1 N–H and O–H groups in total. The molecule has 2 heterocycles. The van der Waals surface area contributed by atoms with Crippen molar-refractivity contribution in [3.63, 3.8) is 0 Å². The third-order valence-corrected chi connectivity index (χ3v) is 5.90. The van der Waals surface area contributed by atoms with Gasteiger partial charge in [0.15, 0.2) is 0 Å². The first-order valence-electron chi connectivity index (χ1n) is 9.99. The molecule has 5 nitrogen and oxygen atoms in total. The van der Waals surface area contributed by atoms with E-state index >= 15 is 0 Å². The van der Waals surface area contributed by atoms with E-state index in [1.807, 2.05) is 30.9 Å². The van der Waals surface area contributed by atoms with Crippen LogP contribution in [0.15, 0.2) is 12.1 Å². The van der Waals surface area contributed by atoms with Gasteiger partial charge in [-0.25, -0.2) is 0 Å². The molecular formula is C21H30ClN3O2. The number of carbonyl (C=O) groups is 2. The third kappa shape index (κ3) is 5.45. The number of piperidine rings is 1. The van der Waals surface area contributed by atoms with Crippen LogP contribution in [0.5, 0.6) is 0 Å². The quantitative estimate of drug-likeness (QED) is 0.805. The van der Waals surface area contributed by atoms with Crippen LogP contribution in [0, 0.1) is 19.8 Å². The van der Waals surface area contributed by atoms with Crippen LogP contribution in [0.4, 0.5) is 5.69 Å². The maximum atomic E-state index is 12.4. The molecule has 0 radical (unpaired) electrons. The fourth-order valence-electron chi connectivity index (χ4n) is 4.25. The summed E-state index contributed by atoms with van der Waals surface area (Å²) in [5, 5.41) is 3.56. The zero-order valence-corrected chi connectivity index (χ0v) is 17.1. The summed E-state index contributed by atoms with van der Waals surface area (Å²) in [7, 11) is 0. The van der Waals surface area contributed by atoms with Crippen LogP contribution >= 0.6 is 11.6 Å².